The Hall–Kier alpha value is -3.78. The zero-order chi connectivity index (χ0) is 25.7. The van der Waals surface area contributed by atoms with Crippen LogP contribution in [0.3, 0.4) is 0 Å². The minimum atomic E-state index is -0.780. The molecule has 0 saturated carbocycles. The first-order valence-electron chi connectivity index (χ1n) is 11.9. The Kier molecular flexibility index (Phi) is 7.95. The number of hydrogen-bond acceptors (Lipinski definition) is 7. The van der Waals surface area contributed by atoms with Gasteiger partial charge >= 0.3 is 11.9 Å². The summed E-state index contributed by atoms with van der Waals surface area (Å²) in [4.78, 5) is 52.1. The van der Waals surface area contributed by atoms with E-state index in [1.807, 2.05) is 19.1 Å². The zero-order valence-corrected chi connectivity index (χ0v) is 21.0. The van der Waals surface area contributed by atoms with Gasteiger partial charge in [-0.05, 0) is 51.2 Å². The van der Waals surface area contributed by atoms with Gasteiger partial charge in [-0.25, -0.2) is 9.59 Å². The van der Waals surface area contributed by atoms with Crippen molar-refractivity contribution in [3.63, 3.8) is 0 Å². The number of nitrogens with one attached hydrogen (secondary N) is 1. The van der Waals surface area contributed by atoms with E-state index in [1.54, 1.807) is 37.3 Å². The Morgan fingerprint density at radius 2 is 1.58 bits per heavy atom. The monoisotopic (exact) mass is 505 g/mol. The van der Waals surface area contributed by atoms with Crippen molar-refractivity contribution in [3.05, 3.63) is 86.8 Å². The predicted octanol–water partition coefficient (Wildman–Crippen LogP) is 5.14. The van der Waals surface area contributed by atoms with E-state index < -0.39 is 24.5 Å². The lowest BCUT2D eigenvalue weighted by molar-refractivity contribution is -0.119. The average molecular weight is 506 g/mol. The fourth-order valence-corrected chi connectivity index (χ4v) is 5.46. The first-order chi connectivity index (χ1) is 17.4. The van der Waals surface area contributed by atoms with Crippen LogP contribution in [-0.2, 0) is 27.1 Å². The maximum atomic E-state index is 13.0. The Morgan fingerprint density at radius 3 is 2.31 bits per heavy atom. The number of esters is 2. The number of carbonyl (C=O) groups is 4. The smallest absolute Gasteiger partial charge is 0.341 e. The van der Waals surface area contributed by atoms with E-state index in [-0.39, 0.29) is 23.5 Å². The number of fused-ring (bicyclic) bond motifs is 1. The van der Waals surface area contributed by atoms with Gasteiger partial charge in [0, 0.05) is 16.0 Å². The maximum Gasteiger partial charge on any atom is 0.341 e. The van der Waals surface area contributed by atoms with E-state index in [9.17, 15) is 19.2 Å². The van der Waals surface area contributed by atoms with Crippen LogP contribution in [0.1, 0.15) is 72.4 Å². The van der Waals surface area contributed by atoms with E-state index in [1.165, 1.54) is 17.4 Å². The molecule has 0 aliphatic heterocycles. The van der Waals surface area contributed by atoms with Gasteiger partial charge in [-0.1, -0.05) is 48.0 Å². The summed E-state index contributed by atoms with van der Waals surface area (Å²) < 4.78 is 10.5. The Labute approximate surface area is 213 Å². The van der Waals surface area contributed by atoms with Crippen molar-refractivity contribution in [2.24, 2.45) is 0 Å². The number of hydrogen-bond donors (Lipinski definition) is 1. The summed E-state index contributed by atoms with van der Waals surface area (Å²) >= 11 is 1.36. The van der Waals surface area contributed by atoms with Crippen LogP contribution in [0.2, 0.25) is 0 Å². The third-order valence-corrected chi connectivity index (χ3v) is 7.15. The van der Waals surface area contributed by atoms with Crippen LogP contribution in [0, 0.1) is 6.92 Å². The average Bonchev–Trinajstić information content (AvgIpc) is 3.25. The summed E-state index contributed by atoms with van der Waals surface area (Å²) in [6.07, 6.45) is 3.61. The minimum absolute atomic E-state index is 0.0784. The van der Waals surface area contributed by atoms with Crippen LogP contribution in [0.15, 0.2) is 48.5 Å². The van der Waals surface area contributed by atoms with E-state index in [0.29, 0.717) is 16.1 Å². The number of ketones is 1. The predicted molar refractivity (Wildman–Crippen MR) is 137 cm³/mol. The van der Waals surface area contributed by atoms with E-state index in [4.69, 9.17) is 9.47 Å². The number of benzene rings is 2. The highest BCUT2D eigenvalue weighted by molar-refractivity contribution is 7.17. The summed E-state index contributed by atoms with van der Waals surface area (Å²) in [6.45, 7) is 3.33. The van der Waals surface area contributed by atoms with Gasteiger partial charge in [0.15, 0.2) is 12.4 Å². The van der Waals surface area contributed by atoms with Gasteiger partial charge in [-0.15, -0.1) is 11.3 Å². The Balaban J connectivity index is 1.46. The molecule has 1 heterocycles. The first kappa shape index (κ1) is 25.3. The molecule has 36 heavy (non-hydrogen) atoms. The number of aryl methyl sites for hydroxylation is 2. The van der Waals surface area contributed by atoms with Crippen molar-refractivity contribution in [3.8, 4) is 0 Å². The molecule has 0 saturated heterocycles. The summed E-state index contributed by atoms with van der Waals surface area (Å²) in [5.74, 6) is -2.13. The lowest BCUT2D eigenvalue weighted by Crippen LogP contribution is -2.23. The SMILES string of the molecule is CCOC(=O)c1c(NC(=O)COC(=O)c2ccccc2C(=O)c2ccc(C)cc2)sc2c1CCCC2. The maximum absolute atomic E-state index is 13.0. The lowest BCUT2D eigenvalue weighted by atomic mass is 9.95. The highest BCUT2D eigenvalue weighted by Gasteiger charge is 2.27. The molecule has 1 aliphatic carbocycles. The van der Waals surface area contributed by atoms with Crippen molar-refractivity contribution >= 4 is 40.0 Å². The number of ether oxygens (including phenoxy) is 2. The van der Waals surface area contributed by atoms with Crippen molar-refractivity contribution in [2.75, 3.05) is 18.5 Å². The molecule has 0 atom stereocenters. The molecule has 1 N–H and O–H groups in total. The van der Waals surface area contributed by atoms with Gasteiger partial charge in [0.2, 0.25) is 0 Å². The number of anilines is 1. The molecule has 3 aromatic rings. The van der Waals surface area contributed by atoms with Crippen molar-refractivity contribution in [2.45, 2.75) is 39.5 Å². The van der Waals surface area contributed by atoms with E-state index >= 15 is 0 Å². The molecule has 0 bridgehead atoms. The molecule has 0 spiro atoms. The molecule has 1 aliphatic rings. The molecular formula is C28H27NO6S. The van der Waals surface area contributed by atoms with Crippen LogP contribution >= 0.6 is 11.3 Å². The van der Waals surface area contributed by atoms with Crippen LogP contribution in [-0.4, -0.2) is 36.8 Å². The third kappa shape index (κ3) is 5.54. The van der Waals surface area contributed by atoms with Gasteiger partial charge in [0.05, 0.1) is 17.7 Å². The molecular weight excluding hydrogens is 478 g/mol. The van der Waals surface area contributed by atoms with Crippen LogP contribution in [0.5, 0.6) is 0 Å². The normalized spacial score (nSPS) is 12.4. The molecule has 186 valence electrons. The second-order valence-corrected chi connectivity index (χ2v) is 9.61. The largest absolute Gasteiger partial charge is 0.462 e. The second kappa shape index (κ2) is 11.3. The molecule has 7 nitrogen and oxygen atoms in total. The summed E-state index contributed by atoms with van der Waals surface area (Å²) in [5.41, 5.74) is 3.07. The van der Waals surface area contributed by atoms with Crippen molar-refractivity contribution in [1.82, 2.24) is 0 Å². The number of carbonyl (C=O) groups excluding carboxylic acids is 4. The fraction of sp³-hybridized carbons (Fsp3) is 0.286. The standard InChI is InChI=1S/C28H27NO6S/c1-3-34-28(33)24-21-10-6-7-11-22(21)36-26(24)29-23(30)16-35-27(32)20-9-5-4-8-19(20)25(31)18-14-12-17(2)13-15-18/h4-5,8-9,12-15H,3,6-7,10-11,16H2,1-2H3,(H,29,30). The number of amides is 1. The molecule has 2 aromatic carbocycles. The van der Waals surface area contributed by atoms with E-state index in [0.717, 1.165) is 41.7 Å². The Bertz CT molecular complexity index is 1310. The van der Waals surface area contributed by atoms with Crippen LogP contribution in [0.25, 0.3) is 0 Å². The topological polar surface area (TPSA) is 98.8 Å². The quantitative estimate of drug-likeness (QED) is 0.336. The second-order valence-electron chi connectivity index (χ2n) is 8.50. The molecule has 4 rings (SSSR count). The minimum Gasteiger partial charge on any atom is -0.462 e. The first-order valence-corrected chi connectivity index (χ1v) is 12.7. The molecule has 0 unspecified atom stereocenters. The van der Waals surface area contributed by atoms with Gasteiger partial charge in [-0.2, -0.15) is 0 Å². The van der Waals surface area contributed by atoms with Gasteiger partial charge in [-0.3, -0.25) is 9.59 Å². The van der Waals surface area contributed by atoms with Gasteiger partial charge in [0.25, 0.3) is 5.91 Å². The van der Waals surface area contributed by atoms with Gasteiger partial charge < -0.3 is 14.8 Å². The molecule has 0 fully saturated rings. The van der Waals surface area contributed by atoms with Gasteiger partial charge in [0.1, 0.15) is 5.00 Å². The zero-order valence-electron chi connectivity index (χ0n) is 20.2. The van der Waals surface area contributed by atoms with Crippen molar-refractivity contribution in [1.29, 1.82) is 0 Å². The van der Waals surface area contributed by atoms with Crippen LogP contribution < -0.4 is 5.32 Å². The number of thiophene rings is 1. The highest BCUT2D eigenvalue weighted by Crippen LogP contribution is 2.38. The molecule has 8 heteroatoms. The van der Waals surface area contributed by atoms with Crippen LogP contribution in [0.4, 0.5) is 5.00 Å². The third-order valence-electron chi connectivity index (χ3n) is 5.94. The van der Waals surface area contributed by atoms with E-state index in [2.05, 4.69) is 5.32 Å². The molecule has 1 amide bonds. The molecule has 0 radical (unpaired) electrons. The summed E-state index contributed by atoms with van der Waals surface area (Å²) in [5, 5.41) is 3.13. The summed E-state index contributed by atoms with van der Waals surface area (Å²) in [6, 6.07) is 13.4. The fourth-order valence-electron chi connectivity index (χ4n) is 4.16. The Morgan fingerprint density at radius 1 is 0.889 bits per heavy atom. The summed E-state index contributed by atoms with van der Waals surface area (Å²) in [7, 11) is 0. The molecule has 1 aromatic heterocycles. The number of rotatable bonds is 8. The lowest BCUT2D eigenvalue weighted by Gasteiger charge is -2.12. The van der Waals surface area contributed by atoms with Crippen molar-refractivity contribution < 1.29 is 28.7 Å². The highest BCUT2D eigenvalue weighted by atomic mass is 32.1.